The van der Waals surface area contributed by atoms with E-state index in [-0.39, 0.29) is 5.91 Å². The monoisotopic (exact) mass is 291 g/mol. The number of aliphatic hydroxyl groups is 1. The van der Waals surface area contributed by atoms with Gasteiger partial charge in [-0.05, 0) is 30.9 Å². The van der Waals surface area contributed by atoms with Crippen molar-refractivity contribution in [2.45, 2.75) is 17.4 Å². The summed E-state index contributed by atoms with van der Waals surface area (Å²) < 4.78 is 4.91. The van der Waals surface area contributed by atoms with E-state index in [9.17, 15) is 9.90 Å². The lowest BCUT2D eigenvalue weighted by molar-refractivity contribution is 0.0939. The predicted octanol–water partition coefficient (Wildman–Crippen LogP) is 2.86. The zero-order valence-electron chi connectivity index (χ0n) is 11.2. The maximum absolute atomic E-state index is 12.1. The van der Waals surface area contributed by atoms with Crippen molar-refractivity contribution in [3.8, 4) is 0 Å². The van der Waals surface area contributed by atoms with Crippen molar-refractivity contribution in [2.24, 2.45) is 0 Å². The van der Waals surface area contributed by atoms with Gasteiger partial charge in [-0.2, -0.15) is 0 Å². The first-order valence-corrected chi connectivity index (χ1v) is 7.56. The van der Waals surface area contributed by atoms with Crippen LogP contribution >= 0.6 is 11.8 Å². The van der Waals surface area contributed by atoms with Crippen LogP contribution in [0.5, 0.6) is 0 Å². The van der Waals surface area contributed by atoms with Crippen LogP contribution in [0.3, 0.4) is 0 Å². The van der Waals surface area contributed by atoms with Gasteiger partial charge in [-0.15, -0.1) is 11.8 Å². The van der Waals surface area contributed by atoms with Gasteiger partial charge in [-0.25, -0.2) is 0 Å². The lowest BCUT2D eigenvalue weighted by Crippen LogP contribution is -2.26. The quantitative estimate of drug-likeness (QED) is 0.803. The first-order chi connectivity index (χ1) is 9.72. The number of furan rings is 1. The molecule has 0 spiro atoms. The van der Waals surface area contributed by atoms with E-state index in [2.05, 4.69) is 5.32 Å². The molecule has 0 aliphatic carbocycles. The van der Waals surface area contributed by atoms with Gasteiger partial charge in [0.2, 0.25) is 0 Å². The predicted molar refractivity (Wildman–Crippen MR) is 78.8 cm³/mol. The molecule has 0 aliphatic rings. The molecule has 0 unspecified atom stereocenters. The molecule has 0 saturated carbocycles. The molecule has 1 amide bonds. The zero-order valence-corrected chi connectivity index (χ0v) is 12.0. The minimum absolute atomic E-state index is 0.116. The molecule has 1 aromatic heterocycles. The molecule has 0 radical (unpaired) electrons. The molecule has 4 nitrogen and oxygen atoms in total. The third kappa shape index (κ3) is 3.65. The van der Waals surface area contributed by atoms with Gasteiger partial charge in [-0.3, -0.25) is 4.79 Å². The van der Waals surface area contributed by atoms with Crippen LogP contribution in [0.25, 0.3) is 0 Å². The van der Waals surface area contributed by atoms with E-state index >= 15 is 0 Å². The van der Waals surface area contributed by atoms with Crippen LogP contribution in [0.1, 0.15) is 28.4 Å². The number of aliphatic hydroxyl groups excluding tert-OH is 1. The van der Waals surface area contributed by atoms with E-state index in [4.69, 9.17) is 4.42 Å². The van der Waals surface area contributed by atoms with Crippen LogP contribution < -0.4 is 5.32 Å². The molecule has 1 aromatic carbocycles. The molecule has 2 N–H and O–H groups in total. The van der Waals surface area contributed by atoms with E-state index in [0.29, 0.717) is 18.5 Å². The van der Waals surface area contributed by atoms with E-state index in [1.165, 1.54) is 24.3 Å². The highest BCUT2D eigenvalue weighted by Crippen LogP contribution is 2.20. The summed E-state index contributed by atoms with van der Waals surface area (Å²) in [5.41, 5.74) is 1.39. The highest BCUT2D eigenvalue weighted by atomic mass is 32.2. The Bertz CT molecular complexity index is 554. The second-order valence-electron chi connectivity index (χ2n) is 4.32. The molecule has 2 rings (SSSR count). The molecular formula is C15H17NO3S. The van der Waals surface area contributed by atoms with Crippen LogP contribution in [-0.4, -0.2) is 23.8 Å². The Morgan fingerprint density at radius 1 is 1.40 bits per heavy atom. The average molecular weight is 291 g/mol. The van der Waals surface area contributed by atoms with Gasteiger partial charge in [0.25, 0.3) is 5.91 Å². The molecule has 0 bridgehead atoms. The van der Waals surface area contributed by atoms with Gasteiger partial charge < -0.3 is 14.8 Å². The molecule has 20 heavy (non-hydrogen) atoms. The van der Waals surface area contributed by atoms with Crippen LogP contribution in [-0.2, 0) is 0 Å². The SMILES string of the molecule is CSc1ccccc1C(=O)NCC[C@@H](O)c1ccoc1. The highest BCUT2D eigenvalue weighted by molar-refractivity contribution is 7.98. The molecule has 106 valence electrons. The summed E-state index contributed by atoms with van der Waals surface area (Å²) in [5.74, 6) is -0.116. The lowest BCUT2D eigenvalue weighted by Gasteiger charge is -2.11. The number of benzene rings is 1. The Labute approximate surface area is 122 Å². The molecule has 0 aliphatic heterocycles. The number of hydrogen-bond donors (Lipinski definition) is 2. The van der Waals surface area contributed by atoms with Crippen molar-refractivity contribution in [3.05, 3.63) is 54.0 Å². The standard InChI is InChI=1S/C15H17NO3S/c1-20-14-5-3-2-4-12(14)15(18)16-8-6-13(17)11-7-9-19-10-11/h2-5,7,9-10,13,17H,6,8H2,1H3,(H,16,18)/t13-/m1/s1. The van der Waals surface area contributed by atoms with Crippen molar-refractivity contribution in [1.29, 1.82) is 0 Å². The molecule has 2 aromatic rings. The first kappa shape index (κ1) is 14.7. The maximum Gasteiger partial charge on any atom is 0.252 e. The van der Waals surface area contributed by atoms with Crippen LogP contribution in [0.4, 0.5) is 0 Å². The topological polar surface area (TPSA) is 62.5 Å². The smallest absolute Gasteiger partial charge is 0.252 e. The maximum atomic E-state index is 12.1. The Morgan fingerprint density at radius 3 is 2.90 bits per heavy atom. The zero-order chi connectivity index (χ0) is 14.4. The fourth-order valence-electron chi connectivity index (χ4n) is 1.88. The summed E-state index contributed by atoms with van der Waals surface area (Å²) in [4.78, 5) is 13.0. The van der Waals surface area contributed by atoms with Gasteiger partial charge >= 0.3 is 0 Å². The normalized spacial score (nSPS) is 12.1. The second kappa shape index (κ2) is 7.17. The largest absolute Gasteiger partial charge is 0.472 e. The van der Waals surface area contributed by atoms with Crippen molar-refractivity contribution < 1.29 is 14.3 Å². The lowest BCUT2D eigenvalue weighted by atomic mass is 10.1. The second-order valence-corrected chi connectivity index (χ2v) is 5.17. The van der Waals surface area contributed by atoms with E-state index < -0.39 is 6.10 Å². The van der Waals surface area contributed by atoms with E-state index in [1.807, 2.05) is 24.5 Å². The van der Waals surface area contributed by atoms with Crippen LogP contribution in [0, 0.1) is 0 Å². The van der Waals surface area contributed by atoms with Crippen molar-refractivity contribution in [1.82, 2.24) is 5.32 Å². The highest BCUT2D eigenvalue weighted by Gasteiger charge is 2.12. The molecule has 0 saturated heterocycles. The number of rotatable bonds is 6. The van der Waals surface area contributed by atoms with Crippen LogP contribution in [0.2, 0.25) is 0 Å². The molecule has 0 fully saturated rings. The van der Waals surface area contributed by atoms with Crippen molar-refractivity contribution in [2.75, 3.05) is 12.8 Å². The number of nitrogens with one attached hydrogen (secondary N) is 1. The Balaban J connectivity index is 1.86. The number of thioether (sulfide) groups is 1. The van der Waals surface area contributed by atoms with Crippen molar-refractivity contribution >= 4 is 17.7 Å². The number of carbonyl (C=O) groups is 1. The van der Waals surface area contributed by atoms with Gasteiger partial charge in [0, 0.05) is 17.0 Å². The average Bonchev–Trinajstić information content (AvgIpc) is 3.01. The summed E-state index contributed by atoms with van der Waals surface area (Å²) in [6, 6.07) is 9.18. The Kier molecular flexibility index (Phi) is 5.26. The summed E-state index contributed by atoms with van der Waals surface area (Å²) in [5, 5.41) is 12.7. The summed E-state index contributed by atoms with van der Waals surface area (Å²) in [7, 11) is 0. The number of amides is 1. The number of hydrogen-bond acceptors (Lipinski definition) is 4. The van der Waals surface area contributed by atoms with Gasteiger partial charge in [-0.1, -0.05) is 12.1 Å². The molecular weight excluding hydrogens is 274 g/mol. The van der Waals surface area contributed by atoms with E-state index in [1.54, 1.807) is 12.1 Å². The number of carbonyl (C=O) groups excluding carboxylic acids is 1. The third-order valence-electron chi connectivity index (χ3n) is 2.98. The Morgan fingerprint density at radius 2 is 2.20 bits per heavy atom. The van der Waals surface area contributed by atoms with Gasteiger partial charge in [0.05, 0.1) is 24.2 Å². The minimum atomic E-state index is -0.621. The third-order valence-corrected chi connectivity index (χ3v) is 3.78. The molecule has 1 atom stereocenters. The summed E-state index contributed by atoms with van der Waals surface area (Å²) in [6.45, 7) is 0.411. The summed E-state index contributed by atoms with van der Waals surface area (Å²) in [6.07, 6.45) is 4.80. The van der Waals surface area contributed by atoms with Gasteiger partial charge in [0.15, 0.2) is 0 Å². The fraction of sp³-hybridized carbons (Fsp3) is 0.267. The first-order valence-electron chi connectivity index (χ1n) is 6.33. The van der Waals surface area contributed by atoms with Gasteiger partial charge in [0.1, 0.15) is 0 Å². The Hall–Kier alpha value is -1.72. The summed E-state index contributed by atoms with van der Waals surface area (Å²) >= 11 is 1.54. The van der Waals surface area contributed by atoms with E-state index in [0.717, 1.165) is 10.5 Å². The van der Waals surface area contributed by atoms with Crippen molar-refractivity contribution in [3.63, 3.8) is 0 Å². The molecule has 1 heterocycles. The molecule has 5 heteroatoms. The van der Waals surface area contributed by atoms with Crippen LogP contribution in [0.15, 0.2) is 52.2 Å². The fourth-order valence-corrected chi connectivity index (χ4v) is 2.48. The minimum Gasteiger partial charge on any atom is -0.472 e.